The first-order valence-corrected chi connectivity index (χ1v) is 8.94. The first-order chi connectivity index (χ1) is 12.6. The Morgan fingerprint density at radius 3 is 2.85 bits per heavy atom. The molecule has 26 heavy (non-hydrogen) atoms. The molecule has 2 aromatic carbocycles. The maximum absolute atomic E-state index is 12.6. The Labute approximate surface area is 158 Å². The zero-order valence-electron chi connectivity index (χ0n) is 14.9. The molecule has 138 valence electrons. The highest BCUT2D eigenvalue weighted by atomic mass is 35.5. The molecule has 0 radical (unpaired) electrons. The van der Waals surface area contributed by atoms with Crippen molar-refractivity contribution in [1.29, 1.82) is 0 Å². The lowest BCUT2D eigenvalue weighted by molar-refractivity contribution is 0.0682. The number of carbonyl (C=O) groups excluding carboxylic acids is 1. The van der Waals surface area contributed by atoms with Crippen molar-refractivity contribution in [2.45, 2.75) is 25.9 Å². The van der Waals surface area contributed by atoms with Crippen molar-refractivity contribution < 1.29 is 19.0 Å². The molecule has 3 rings (SSSR count). The summed E-state index contributed by atoms with van der Waals surface area (Å²) >= 11 is 6.09. The summed E-state index contributed by atoms with van der Waals surface area (Å²) in [6, 6.07) is 10.5. The number of hydrogen-bond acceptors (Lipinski definition) is 4. The topological polar surface area (TPSA) is 56.8 Å². The predicted octanol–water partition coefficient (Wildman–Crippen LogP) is 4.47. The molecular formula is C20H22ClNO4. The van der Waals surface area contributed by atoms with Gasteiger partial charge < -0.3 is 19.5 Å². The van der Waals surface area contributed by atoms with Gasteiger partial charge in [0.2, 0.25) is 0 Å². The van der Waals surface area contributed by atoms with Crippen LogP contribution in [-0.4, -0.2) is 32.3 Å². The Kier molecular flexibility index (Phi) is 6.01. The number of rotatable bonds is 6. The van der Waals surface area contributed by atoms with Crippen molar-refractivity contribution >= 4 is 23.2 Å². The summed E-state index contributed by atoms with van der Waals surface area (Å²) in [5, 5.41) is 3.39. The van der Waals surface area contributed by atoms with E-state index in [0.717, 1.165) is 25.0 Å². The van der Waals surface area contributed by atoms with Crippen molar-refractivity contribution in [3.8, 4) is 11.5 Å². The molecule has 1 heterocycles. The van der Waals surface area contributed by atoms with Crippen LogP contribution in [-0.2, 0) is 4.74 Å². The fourth-order valence-electron chi connectivity index (χ4n) is 2.84. The molecule has 1 atom stereocenters. The van der Waals surface area contributed by atoms with Crippen molar-refractivity contribution in [3.05, 3.63) is 52.5 Å². The van der Waals surface area contributed by atoms with Crippen LogP contribution in [0.4, 0.5) is 5.69 Å². The molecule has 0 aliphatic carbocycles. The molecule has 1 fully saturated rings. The van der Waals surface area contributed by atoms with Crippen LogP contribution in [0.3, 0.4) is 0 Å². The molecule has 5 nitrogen and oxygen atoms in total. The Bertz CT molecular complexity index is 787. The van der Waals surface area contributed by atoms with E-state index in [-0.39, 0.29) is 12.0 Å². The van der Waals surface area contributed by atoms with E-state index in [0.29, 0.717) is 34.4 Å². The zero-order chi connectivity index (χ0) is 18.5. The zero-order valence-corrected chi connectivity index (χ0v) is 15.6. The third kappa shape index (κ3) is 4.48. The van der Waals surface area contributed by atoms with Gasteiger partial charge in [-0.2, -0.15) is 0 Å². The van der Waals surface area contributed by atoms with Gasteiger partial charge in [-0.15, -0.1) is 0 Å². The number of methoxy groups -OCH3 is 1. The molecule has 1 aliphatic rings. The third-order valence-electron chi connectivity index (χ3n) is 4.31. The molecule has 0 saturated carbocycles. The van der Waals surface area contributed by atoms with Gasteiger partial charge in [-0.3, -0.25) is 4.79 Å². The average molecular weight is 376 g/mol. The molecule has 2 aromatic rings. The van der Waals surface area contributed by atoms with Gasteiger partial charge in [-0.1, -0.05) is 17.7 Å². The number of anilines is 1. The maximum Gasteiger partial charge on any atom is 0.255 e. The second-order valence-electron chi connectivity index (χ2n) is 6.23. The molecule has 1 amide bonds. The highest BCUT2D eigenvalue weighted by Gasteiger charge is 2.18. The second-order valence-corrected chi connectivity index (χ2v) is 6.66. The van der Waals surface area contributed by atoms with Crippen LogP contribution in [0.2, 0.25) is 5.02 Å². The van der Waals surface area contributed by atoms with Crippen LogP contribution in [0.5, 0.6) is 11.5 Å². The summed E-state index contributed by atoms with van der Waals surface area (Å²) in [5.74, 6) is 0.975. The Hall–Kier alpha value is -2.24. The quantitative estimate of drug-likeness (QED) is 0.809. The van der Waals surface area contributed by atoms with Crippen molar-refractivity contribution in [1.82, 2.24) is 0 Å². The van der Waals surface area contributed by atoms with Crippen LogP contribution in [0, 0.1) is 6.92 Å². The van der Waals surface area contributed by atoms with Crippen molar-refractivity contribution in [2.75, 3.05) is 25.6 Å². The number of halogens is 1. The van der Waals surface area contributed by atoms with Crippen LogP contribution in [0.1, 0.15) is 28.8 Å². The first kappa shape index (κ1) is 18.5. The average Bonchev–Trinajstić information content (AvgIpc) is 3.15. The van der Waals surface area contributed by atoms with E-state index in [1.165, 1.54) is 0 Å². The Morgan fingerprint density at radius 2 is 2.12 bits per heavy atom. The van der Waals surface area contributed by atoms with Gasteiger partial charge >= 0.3 is 0 Å². The Morgan fingerprint density at radius 1 is 1.27 bits per heavy atom. The Balaban J connectivity index is 1.75. The minimum absolute atomic E-state index is 0.0931. The largest absolute Gasteiger partial charge is 0.496 e. The summed E-state index contributed by atoms with van der Waals surface area (Å²) in [4.78, 5) is 12.6. The maximum atomic E-state index is 12.6. The van der Waals surface area contributed by atoms with Gasteiger partial charge in [0.1, 0.15) is 18.1 Å². The molecule has 1 aliphatic heterocycles. The molecule has 1 saturated heterocycles. The standard InChI is InChI=1S/C20H22ClNO4/c1-13-5-6-14(10-19(13)24-2)20(23)22-17-11-15(21)7-8-18(17)26-12-16-4-3-9-25-16/h5-8,10-11,16H,3-4,9,12H2,1-2H3,(H,22,23). The lowest BCUT2D eigenvalue weighted by Crippen LogP contribution is -2.18. The smallest absolute Gasteiger partial charge is 0.255 e. The number of benzene rings is 2. The van der Waals surface area contributed by atoms with Crippen molar-refractivity contribution in [2.24, 2.45) is 0 Å². The van der Waals surface area contributed by atoms with E-state index in [4.69, 9.17) is 25.8 Å². The number of nitrogens with one attached hydrogen (secondary N) is 1. The number of carbonyl (C=O) groups is 1. The molecule has 0 aromatic heterocycles. The number of amides is 1. The SMILES string of the molecule is COc1cc(C(=O)Nc2cc(Cl)ccc2OCC2CCCO2)ccc1C. The highest BCUT2D eigenvalue weighted by molar-refractivity contribution is 6.31. The van der Waals surface area contributed by atoms with E-state index < -0.39 is 0 Å². The molecule has 1 N–H and O–H groups in total. The number of ether oxygens (including phenoxy) is 3. The lowest BCUT2D eigenvalue weighted by Gasteiger charge is -2.16. The predicted molar refractivity (Wildman–Crippen MR) is 102 cm³/mol. The van der Waals surface area contributed by atoms with E-state index in [9.17, 15) is 4.79 Å². The fourth-order valence-corrected chi connectivity index (χ4v) is 3.01. The summed E-state index contributed by atoms with van der Waals surface area (Å²) in [6.07, 6.45) is 2.13. The van der Waals surface area contributed by atoms with E-state index >= 15 is 0 Å². The van der Waals surface area contributed by atoms with E-state index in [2.05, 4.69) is 5.32 Å². The first-order valence-electron chi connectivity index (χ1n) is 8.57. The van der Waals surface area contributed by atoms with Gasteiger partial charge in [0.25, 0.3) is 5.91 Å². The van der Waals surface area contributed by atoms with E-state index in [1.54, 1.807) is 37.4 Å². The summed E-state index contributed by atoms with van der Waals surface area (Å²) < 4.78 is 16.7. The summed E-state index contributed by atoms with van der Waals surface area (Å²) in [7, 11) is 1.58. The van der Waals surface area contributed by atoms with E-state index in [1.807, 2.05) is 13.0 Å². The number of hydrogen-bond donors (Lipinski definition) is 1. The van der Waals surface area contributed by atoms with Crippen LogP contribution in [0.15, 0.2) is 36.4 Å². The van der Waals surface area contributed by atoms with Crippen molar-refractivity contribution in [3.63, 3.8) is 0 Å². The molecule has 0 bridgehead atoms. The van der Waals surface area contributed by atoms with Gasteiger partial charge in [-0.25, -0.2) is 0 Å². The van der Waals surface area contributed by atoms with Crippen LogP contribution >= 0.6 is 11.6 Å². The second kappa shape index (κ2) is 8.43. The van der Waals surface area contributed by atoms with Gasteiger partial charge in [0, 0.05) is 17.2 Å². The van der Waals surface area contributed by atoms with Gasteiger partial charge in [-0.05, 0) is 55.7 Å². The highest BCUT2D eigenvalue weighted by Crippen LogP contribution is 2.30. The number of aryl methyl sites for hydroxylation is 1. The molecule has 6 heteroatoms. The molecular weight excluding hydrogens is 354 g/mol. The summed E-state index contributed by atoms with van der Waals surface area (Å²) in [6.45, 7) is 3.14. The van der Waals surface area contributed by atoms with Crippen LogP contribution < -0.4 is 14.8 Å². The third-order valence-corrected chi connectivity index (χ3v) is 4.54. The molecule has 0 spiro atoms. The lowest BCUT2D eigenvalue weighted by atomic mass is 10.1. The molecule has 1 unspecified atom stereocenters. The normalized spacial score (nSPS) is 16.3. The monoisotopic (exact) mass is 375 g/mol. The fraction of sp³-hybridized carbons (Fsp3) is 0.350. The van der Waals surface area contributed by atoms with Crippen LogP contribution in [0.25, 0.3) is 0 Å². The minimum atomic E-state index is -0.257. The summed E-state index contributed by atoms with van der Waals surface area (Å²) in [5.41, 5.74) is 1.99. The van der Waals surface area contributed by atoms with Gasteiger partial charge in [0.15, 0.2) is 0 Å². The minimum Gasteiger partial charge on any atom is -0.496 e. The van der Waals surface area contributed by atoms with Gasteiger partial charge in [0.05, 0.1) is 18.9 Å².